The lowest BCUT2D eigenvalue weighted by Gasteiger charge is -2.35. The first-order valence-electron chi connectivity index (χ1n) is 9.86. The fourth-order valence-corrected chi connectivity index (χ4v) is 3.83. The van der Waals surface area contributed by atoms with Crippen LogP contribution in [0.25, 0.3) is 0 Å². The molecule has 1 fully saturated rings. The number of hydrogen-bond donors (Lipinski definition) is 2. The monoisotopic (exact) mass is 412 g/mol. The van der Waals surface area contributed by atoms with Crippen molar-refractivity contribution in [3.8, 4) is 5.75 Å². The number of nitrogens with one attached hydrogen (secondary N) is 2. The second kappa shape index (κ2) is 8.10. The second-order valence-electron chi connectivity index (χ2n) is 7.29. The number of furan rings is 1. The highest BCUT2D eigenvalue weighted by atomic mass is 16.5. The number of piperazine rings is 1. The Balaban J connectivity index is 1.50. The lowest BCUT2D eigenvalue weighted by atomic mass is 10.0. The van der Waals surface area contributed by atoms with Gasteiger partial charge in [-0.2, -0.15) is 0 Å². The average Bonchev–Trinajstić information content (AvgIpc) is 3.20. The van der Waals surface area contributed by atoms with Crippen LogP contribution in [0.4, 0.5) is 11.4 Å². The molecular weight excluding hydrogens is 388 g/mol. The number of carbonyl (C=O) groups excluding carboxylic acids is 3. The van der Waals surface area contributed by atoms with Crippen LogP contribution in [0.15, 0.2) is 28.9 Å². The molecule has 30 heavy (non-hydrogen) atoms. The maximum absolute atomic E-state index is 12.8. The molecule has 0 saturated carbocycles. The molecule has 1 saturated heterocycles. The lowest BCUT2D eigenvalue weighted by Crippen LogP contribution is -2.48. The molecule has 0 unspecified atom stereocenters. The third-order valence-corrected chi connectivity index (χ3v) is 5.50. The molecule has 9 heteroatoms. The van der Waals surface area contributed by atoms with E-state index in [9.17, 15) is 14.4 Å². The van der Waals surface area contributed by atoms with Crippen molar-refractivity contribution >= 4 is 29.1 Å². The number of anilines is 2. The second-order valence-corrected chi connectivity index (χ2v) is 7.29. The highest BCUT2D eigenvalue weighted by Gasteiger charge is 2.28. The molecule has 0 radical (unpaired) electrons. The van der Waals surface area contributed by atoms with E-state index in [1.165, 1.54) is 13.4 Å². The van der Waals surface area contributed by atoms with Gasteiger partial charge in [-0.15, -0.1) is 0 Å². The van der Waals surface area contributed by atoms with Crippen molar-refractivity contribution in [3.63, 3.8) is 0 Å². The molecule has 1 aromatic carbocycles. The molecule has 0 spiro atoms. The molecule has 9 nitrogen and oxygen atoms in total. The van der Waals surface area contributed by atoms with E-state index in [1.54, 1.807) is 13.0 Å². The third-order valence-electron chi connectivity index (χ3n) is 5.50. The maximum Gasteiger partial charge on any atom is 0.259 e. The van der Waals surface area contributed by atoms with Gasteiger partial charge in [-0.25, -0.2) is 0 Å². The van der Waals surface area contributed by atoms with Crippen molar-refractivity contribution in [2.24, 2.45) is 0 Å². The number of benzene rings is 1. The predicted octanol–water partition coefficient (Wildman–Crippen LogP) is 1.49. The van der Waals surface area contributed by atoms with E-state index in [0.717, 1.165) is 18.8 Å². The number of fused-ring (bicyclic) bond motifs is 1. The van der Waals surface area contributed by atoms with E-state index >= 15 is 0 Å². The smallest absolute Gasteiger partial charge is 0.259 e. The van der Waals surface area contributed by atoms with Gasteiger partial charge in [0, 0.05) is 57.8 Å². The molecular formula is C21H24N4O5. The number of carbonyl (C=O) groups is 3. The van der Waals surface area contributed by atoms with Crippen LogP contribution in [0.1, 0.15) is 33.4 Å². The number of ether oxygens (including phenoxy) is 1. The molecule has 2 aliphatic rings. The van der Waals surface area contributed by atoms with Gasteiger partial charge in [0.05, 0.1) is 23.9 Å². The number of nitrogens with zero attached hydrogens (tertiary/aromatic N) is 2. The Labute approximate surface area is 174 Å². The Morgan fingerprint density at radius 3 is 2.67 bits per heavy atom. The van der Waals surface area contributed by atoms with Crippen LogP contribution in [-0.4, -0.2) is 62.5 Å². The van der Waals surface area contributed by atoms with E-state index in [2.05, 4.69) is 15.5 Å². The van der Waals surface area contributed by atoms with E-state index in [-0.39, 0.29) is 22.9 Å². The first-order valence-corrected chi connectivity index (χ1v) is 9.86. The zero-order valence-corrected chi connectivity index (χ0v) is 17.0. The summed E-state index contributed by atoms with van der Waals surface area (Å²) in [6.45, 7) is 4.87. The quantitative estimate of drug-likeness (QED) is 0.789. The van der Waals surface area contributed by atoms with Crippen molar-refractivity contribution in [1.82, 2.24) is 10.2 Å². The lowest BCUT2D eigenvalue weighted by molar-refractivity contribution is -0.129. The minimum atomic E-state index is -0.432. The standard InChI is InChI=1S/C21H24N4O5/c1-13(26)24-7-9-25(10-8-24)14-3-4-16(18(11-14)29-2)23-20(27)15-12-30-17-5-6-22-21(28)19(15)17/h3-4,11-12H,5-10H2,1-2H3,(H,22,28)(H,23,27). The SMILES string of the molecule is COc1cc(N2CCN(C(C)=O)CC2)ccc1NC(=O)c1coc2c1C(=O)NCC2. The number of methoxy groups -OCH3 is 1. The summed E-state index contributed by atoms with van der Waals surface area (Å²) in [6.07, 6.45) is 1.88. The van der Waals surface area contributed by atoms with E-state index in [1.807, 2.05) is 17.0 Å². The molecule has 2 aromatic rings. The summed E-state index contributed by atoms with van der Waals surface area (Å²) >= 11 is 0. The number of rotatable bonds is 4. The molecule has 2 N–H and O–H groups in total. The van der Waals surface area contributed by atoms with Crippen LogP contribution < -0.4 is 20.3 Å². The van der Waals surface area contributed by atoms with Crippen LogP contribution in [0.5, 0.6) is 5.75 Å². The van der Waals surface area contributed by atoms with Gasteiger partial charge in [0.1, 0.15) is 17.8 Å². The van der Waals surface area contributed by atoms with Gasteiger partial charge in [0.25, 0.3) is 11.8 Å². The van der Waals surface area contributed by atoms with Crippen LogP contribution >= 0.6 is 0 Å². The fourth-order valence-electron chi connectivity index (χ4n) is 3.83. The summed E-state index contributed by atoms with van der Waals surface area (Å²) in [5, 5.41) is 5.54. The van der Waals surface area contributed by atoms with E-state index in [4.69, 9.17) is 9.15 Å². The van der Waals surface area contributed by atoms with Gasteiger partial charge in [-0.3, -0.25) is 14.4 Å². The van der Waals surface area contributed by atoms with Crippen LogP contribution in [0, 0.1) is 0 Å². The first-order chi connectivity index (χ1) is 14.5. The summed E-state index contributed by atoms with van der Waals surface area (Å²) in [4.78, 5) is 40.4. The highest BCUT2D eigenvalue weighted by Crippen LogP contribution is 2.31. The molecule has 0 bridgehead atoms. The Morgan fingerprint density at radius 1 is 1.20 bits per heavy atom. The Morgan fingerprint density at radius 2 is 1.97 bits per heavy atom. The Hall–Kier alpha value is -3.49. The molecule has 4 rings (SSSR count). The normalized spacial score (nSPS) is 16.0. The van der Waals surface area contributed by atoms with E-state index < -0.39 is 5.91 Å². The summed E-state index contributed by atoms with van der Waals surface area (Å²) in [5.74, 6) is 0.383. The van der Waals surface area contributed by atoms with E-state index in [0.29, 0.717) is 43.3 Å². The molecule has 0 aliphatic carbocycles. The zero-order chi connectivity index (χ0) is 21.3. The minimum Gasteiger partial charge on any atom is -0.494 e. The summed E-state index contributed by atoms with van der Waals surface area (Å²) < 4.78 is 10.9. The highest BCUT2D eigenvalue weighted by molar-refractivity contribution is 6.13. The van der Waals surface area contributed by atoms with Crippen molar-refractivity contribution in [1.29, 1.82) is 0 Å². The van der Waals surface area contributed by atoms with Crippen LogP contribution in [0.3, 0.4) is 0 Å². The van der Waals surface area contributed by atoms with Gasteiger partial charge in [-0.1, -0.05) is 0 Å². The first kappa shape index (κ1) is 19.8. The molecule has 3 amide bonds. The van der Waals surface area contributed by atoms with Gasteiger partial charge < -0.3 is 29.6 Å². The molecule has 1 aromatic heterocycles. The maximum atomic E-state index is 12.8. The minimum absolute atomic E-state index is 0.0837. The van der Waals surface area contributed by atoms with Crippen molar-refractivity contribution in [2.75, 3.05) is 50.1 Å². The van der Waals surface area contributed by atoms with Crippen molar-refractivity contribution in [2.45, 2.75) is 13.3 Å². The predicted molar refractivity (Wildman–Crippen MR) is 110 cm³/mol. The number of hydrogen-bond acceptors (Lipinski definition) is 6. The molecule has 158 valence electrons. The van der Waals surface area contributed by atoms with Gasteiger partial charge in [0.2, 0.25) is 5.91 Å². The molecule has 2 aliphatic heterocycles. The van der Waals surface area contributed by atoms with Gasteiger partial charge in [-0.05, 0) is 12.1 Å². The third kappa shape index (κ3) is 3.70. The summed E-state index contributed by atoms with van der Waals surface area (Å²) in [7, 11) is 1.54. The topological polar surface area (TPSA) is 104 Å². The fraction of sp³-hybridized carbons (Fsp3) is 0.381. The average molecular weight is 412 g/mol. The summed E-state index contributed by atoms with van der Waals surface area (Å²) in [6, 6.07) is 5.53. The Kier molecular flexibility index (Phi) is 5.35. The largest absolute Gasteiger partial charge is 0.494 e. The molecule has 0 atom stereocenters. The van der Waals surface area contributed by atoms with Crippen LogP contribution in [0.2, 0.25) is 0 Å². The van der Waals surface area contributed by atoms with Crippen molar-refractivity contribution in [3.05, 3.63) is 41.3 Å². The van der Waals surface area contributed by atoms with Gasteiger partial charge in [0.15, 0.2) is 0 Å². The molecule has 3 heterocycles. The summed E-state index contributed by atoms with van der Waals surface area (Å²) in [5.41, 5.74) is 1.94. The number of amides is 3. The van der Waals surface area contributed by atoms with Gasteiger partial charge >= 0.3 is 0 Å². The zero-order valence-electron chi connectivity index (χ0n) is 17.0. The Bertz CT molecular complexity index is 991. The van der Waals surface area contributed by atoms with Crippen molar-refractivity contribution < 1.29 is 23.5 Å². The van der Waals surface area contributed by atoms with Crippen LogP contribution in [-0.2, 0) is 11.2 Å².